The zero-order chi connectivity index (χ0) is 23.0. The molecule has 0 spiro atoms. The summed E-state index contributed by atoms with van der Waals surface area (Å²) in [6.45, 7) is 0.476. The fraction of sp³-hybridized carbons (Fsp3) is 0.120. The second kappa shape index (κ2) is 8.53. The quantitative estimate of drug-likeness (QED) is 0.384. The Balaban J connectivity index is 1.74. The molecule has 0 bridgehead atoms. The molecule has 1 aliphatic heterocycles. The highest BCUT2D eigenvalue weighted by Crippen LogP contribution is 2.46. The number of ketones is 1. The summed E-state index contributed by atoms with van der Waals surface area (Å²) in [5.74, 6) is 0.196. The Kier molecular flexibility index (Phi) is 5.55. The van der Waals surface area contributed by atoms with Gasteiger partial charge in [0.1, 0.15) is 10.9 Å². The summed E-state index contributed by atoms with van der Waals surface area (Å²) >= 11 is 1.37. The van der Waals surface area contributed by atoms with Crippen LogP contribution in [0.25, 0.3) is 5.69 Å². The molecule has 4 aromatic rings. The van der Waals surface area contributed by atoms with E-state index in [0.29, 0.717) is 18.1 Å². The lowest BCUT2D eigenvalue weighted by molar-refractivity contribution is 0.0981. The molecule has 8 heteroatoms. The van der Waals surface area contributed by atoms with Crippen molar-refractivity contribution in [1.82, 2.24) is 9.55 Å². The van der Waals surface area contributed by atoms with Crippen molar-refractivity contribution in [2.24, 2.45) is 0 Å². The van der Waals surface area contributed by atoms with E-state index in [1.54, 1.807) is 12.1 Å². The summed E-state index contributed by atoms with van der Waals surface area (Å²) in [5.41, 5.74) is 2.76. The van der Waals surface area contributed by atoms with Crippen LogP contribution in [-0.4, -0.2) is 30.0 Å². The lowest BCUT2D eigenvalue weighted by atomic mass is 10.1. The first-order valence-electron chi connectivity index (χ1n) is 10.4. The van der Waals surface area contributed by atoms with Gasteiger partial charge in [-0.3, -0.25) is 13.7 Å². The van der Waals surface area contributed by atoms with Crippen molar-refractivity contribution in [3.63, 3.8) is 0 Å². The fourth-order valence-electron chi connectivity index (χ4n) is 3.90. The van der Waals surface area contributed by atoms with E-state index in [4.69, 9.17) is 0 Å². The van der Waals surface area contributed by atoms with Crippen LogP contribution in [0.5, 0.6) is 0 Å². The molecule has 1 aliphatic rings. The average molecular weight is 476 g/mol. The van der Waals surface area contributed by atoms with Crippen molar-refractivity contribution in [2.45, 2.75) is 17.0 Å². The number of hydrogen-bond acceptors (Lipinski definition) is 6. The van der Waals surface area contributed by atoms with E-state index >= 15 is 0 Å². The summed E-state index contributed by atoms with van der Waals surface area (Å²) < 4.78 is 28.9. The number of rotatable bonds is 5. The fourth-order valence-corrected chi connectivity index (χ4v) is 5.87. The van der Waals surface area contributed by atoms with Crippen LogP contribution >= 0.6 is 11.9 Å². The van der Waals surface area contributed by atoms with Gasteiger partial charge in [-0.15, -0.1) is 0 Å². The van der Waals surface area contributed by atoms with Gasteiger partial charge in [0.25, 0.3) is 0 Å². The van der Waals surface area contributed by atoms with Crippen molar-refractivity contribution in [1.29, 1.82) is 0 Å². The van der Waals surface area contributed by atoms with Gasteiger partial charge >= 0.3 is 0 Å². The van der Waals surface area contributed by atoms with Crippen LogP contribution in [0.15, 0.2) is 96.2 Å². The van der Waals surface area contributed by atoms with Crippen LogP contribution in [-0.2, 0) is 16.4 Å². The number of para-hydroxylation sites is 1. The Bertz CT molecular complexity index is 1400. The smallest absolute Gasteiger partial charge is 0.234 e. The number of aromatic nitrogens is 2. The molecular weight excluding hydrogens is 454 g/mol. The van der Waals surface area contributed by atoms with Crippen LogP contribution in [0.3, 0.4) is 0 Å². The Morgan fingerprint density at radius 3 is 2.06 bits per heavy atom. The summed E-state index contributed by atoms with van der Waals surface area (Å²) in [4.78, 5) is 18.4. The molecule has 33 heavy (non-hydrogen) atoms. The van der Waals surface area contributed by atoms with Crippen molar-refractivity contribution in [2.75, 3.05) is 10.6 Å². The summed E-state index contributed by atoms with van der Waals surface area (Å²) in [7, 11) is -3.71. The van der Waals surface area contributed by atoms with Crippen molar-refractivity contribution in [3.8, 4) is 5.69 Å². The first-order valence-corrected chi connectivity index (χ1v) is 13.1. The number of Topliss-reactive ketones (excluding diaryl/α,β-unsaturated/α-hetero) is 1. The lowest BCUT2D eigenvalue weighted by Gasteiger charge is -2.31. The highest BCUT2D eigenvalue weighted by atomic mass is 32.2. The maximum Gasteiger partial charge on any atom is 0.234 e. The first-order chi connectivity index (χ1) is 15.9. The van der Waals surface area contributed by atoms with E-state index in [0.717, 1.165) is 17.4 Å². The number of nitrogens with zero attached hydrogens (tertiary/aromatic N) is 3. The van der Waals surface area contributed by atoms with E-state index in [9.17, 15) is 13.2 Å². The molecular formula is C25H21N3O3S2. The highest BCUT2D eigenvalue weighted by molar-refractivity contribution is 8.01. The molecule has 0 fully saturated rings. The number of benzene rings is 3. The maximum atomic E-state index is 13.8. The lowest BCUT2D eigenvalue weighted by Crippen LogP contribution is -2.29. The molecule has 2 heterocycles. The molecule has 166 valence electrons. The number of anilines is 1. The molecule has 1 atom stereocenters. The number of hydrogen-bond donors (Lipinski definition) is 0. The molecule has 0 radical (unpaired) electrons. The first kappa shape index (κ1) is 21.5. The molecule has 1 unspecified atom stereocenters. The van der Waals surface area contributed by atoms with Crippen molar-refractivity contribution in [3.05, 3.63) is 108 Å². The number of carbonyl (C=O) groups excluding carboxylic acids is 1. The van der Waals surface area contributed by atoms with E-state index < -0.39 is 15.1 Å². The van der Waals surface area contributed by atoms with Gasteiger partial charge in [-0.2, -0.15) is 4.98 Å². The molecule has 0 aliphatic carbocycles. The van der Waals surface area contributed by atoms with Crippen molar-refractivity contribution >= 4 is 33.4 Å². The normalized spacial score (nSPS) is 16.0. The topological polar surface area (TPSA) is 72.3 Å². The van der Waals surface area contributed by atoms with Gasteiger partial charge in [0.05, 0.1) is 6.54 Å². The van der Waals surface area contributed by atoms with Gasteiger partial charge in [-0.1, -0.05) is 78.9 Å². The summed E-state index contributed by atoms with van der Waals surface area (Å²) in [6.07, 6.45) is 1.12. The maximum absolute atomic E-state index is 13.8. The summed E-state index contributed by atoms with van der Waals surface area (Å²) in [6, 6.07) is 28.4. The third kappa shape index (κ3) is 4.07. The van der Waals surface area contributed by atoms with E-state index in [2.05, 4.69) is 4.98 Å². The second-order valence-corrected chi connectivity index (χ2v) is 10.8. The third-order valence-corrected chi connectivity index (χ3v) is 7.58. The molecule has 6 nitrogen and oxygen atoms in total. The monoisotopic (exact) mass is 475 g/mol. The SMILES string of the molecule is CS(=O)(=O)c1nc2c(n1-c1ccccc1)C(=O)C(c1ccccc1)SN2Cc1ccccc1. The van der Waals surface area contributed by atoms with E-state index in [1.165, 1.54) is 16.5 Å². The standard InChI is InChI=1S/C25H21N3O3S2/c1-33(30,31)25-26-24-21(28(25)20-15-9-4-10-16-20)22(29)23(19-13-7-3-8-14-19)32-27(24)17-18-11-5-2-6-12-18/h2-16,23H,17H2,1H3. The van der Waals surface area contributed by atoms with Crippen LogP contribution < -0.4 is 4.31 Å². The molecule has 1 aromatic heterocycles. The largest absolute Gasteiger partial charge is 0.293 e. The minimum Gasteiger partial charge on any atom is -0.293 e. The predicted octanol–water partition coefficient (Wildman–Crippen LogP) is 4.87. The number of fused-ring (bicyclic) bond motifs is 1. The predicted molar refractivity (Wildman–Crippen MR) is 130 cm³/mol. The average Bonchev–Trinajstić information content (AvgIpc) is 3.25. The number of imidazole rings is 1. The Labute approximate surface area is 197 Å². The van der Waals surface area contributed by atoms with Crippen LogP contribution in [0.2, 0.25) is 0 Å². The zero-order valence-corrected chi connectivity index (χ0v) is 19.5. The van der Waals surface area contributed by atoms with Gasteiger partial charge in [-0.25, -0.2) is 8.42 Å². The number of carbonyl (C=O) groups is 1. The van der Waals surface area contributed by atoms with Gasteiger partial charge in [-0.05, 0) is 35.2 Å². The molecule has 3 aromatic carbocycles. The van der Waals surface area contributed by atoms with Gasteiger partial charge in [0, 0.05) is 11.9 Å². The highest BCUT2D eigenvalue weighted by Gasteiger charge is 2.41. The minimum atomic E-state index is -3.71. The van der Waals surface area contributed by atoms with Crippen molar-refractivity contribution < 1.29 is 13.2 Å². The van der Waals surface area contributed by atoms with Crippen LogP contribution in [0.4, 0.5) is 5.82 Å². The van der Waals surface area contributed by atoms with Gasteiger partial charge in [0.2, 0.25) is 20.8 Å². The Morgan fingerprint density at radius 1 is 0.879 bits per heavy atom. The Morgan fingerprint density at radius 2 is 1.45 bits per heavy atom. The summed E-state index contributed by atoms with van der Waals surface area (Å²) in [5, 5.41) is -0.659. The van der Waals surface area contributed by atoms with Crippen LogP contribution in [0.1, 0.15) is 26.9 Å². The van der Waals surface area contributed by atoms with Gasteiger partial charge < -0.3 is 0 Å². The van der Waals surface area contributed by atoms with E-state index in [1.807, 2.05) is 83.2 Å². The second-order valence-electron chi connectivity index (χ2n) is 7.79. The van der Waals surface area contributed by atoms with E-state index in [-0.39, 0.29) is 16.6 Å². The van der Waals surface area contributed by atoms with Gasteiger partial charge in [0.15, 0.2) is 5.82 Å². The molecule has 0 N–H and O–H groups in total. The number of sulfone groups is 1. The Hall–Kier alpha value is -3.36. The molecule has 0 saturated carbocycles. The van der Waals surface area contributed by atoms with Crippen LogP contribution in [0, 0.1) is 0 Å². The minimum absolute atomic E-state index is 0.139. The third-order valence-electron chi connectivity index (χ3n) is 5.39. The molecule has 0 saturated heterocycles. The molecule has 5 rings (SSSR count). The zero-order valence-electron chi connectivity index (χ0n) is 17.8. The molecule has 0 amide bonds.